The Hall–Kier alpha value is -2.62. The second kappa shape index (κ2) is 10.1. The predicted molar refractivity (Wildman–Crippen MR) is 117 cm³/mol. The fourth-order valence-electron chi connectivity index (χ4n) is 3.40. The van der Waals surface area contributed by atoms with E-state index in [2.05, 4.69) is 25.6 Å². The van der Waals surface area contributed by atoms with Gasteiger partial charge in [-0.2, -0.15) is 4.80 Å². The SMILES string of the molecule is O=C(Cn1nnc(-n2cccc2)n1)NCCN1CCC(Oc2ccc(Cl)c(Cl)c2)CC1. The Morgan fingerprint density at radius 1 is 1.16 bits per heavy atom. The summed E-state index contributed by atoms with van der Waals surface area (Å²) in [7, 11) is 0. The van der Waals surface area contributed by atoms with Crippen molar-refractivity contribution in [2.45, 2.75) is 25.5 Å². The average molecular weight is 464 g/mol. The van der Waals surface area contributed by atoms with E-state index in [1.165, 1.54) is 4.80 Å². The Kier molecular flexibility index (Phi) is 7.06. The molecule has 31 heavy (non-hydrogen) atoms. The molecule has 3 heterocycles. The molecule has 3 aromatic rings. The average Bonchev–Trinajstić information content (AvgIpc) is 3.44. The van der Waals surface area contributed by atoms with Crippen molar-refractivity contribution in [2.24, 2.45) is 0 Å². The van der Waals surface area contributed by atoms with Gasteiger partial charge in [0.2, 0.25) is 5.91 Å². The van der Waals surface area contributed by atoms with E-state index in [0.29, 0.717) is 22.5 Å². The lowest BCUT2D eigenvalue weighted by Crippen LogP contribution is -2.42. The first-order chi connectivity index (χ1) is 15.1. The van der Waals surface area contributed by atoms with Crippen LogP contribution < -0.4 is 10.1 Å². The van der Waals surface area contributed by atoms with Gasteiger partial charge in [-0.3, -0.25) is 9.36 Å². The predicted octanol–water partition coefficient (Wildman–Crippen LogP) is 2.43. The number of likely N-dealkylation sites (tertiary alicyclic amines) is 1. The van der Waals surface area contributed by atoms with Gasteiger partial charge < -0.3 is 15.0 Å². The maximum Gasteiger partial charge on any atom is 0.274 e. The summed E-state index contributed by atoms with van der Waals surface area (Å²) in [5.74, 6) is 1.03. The van der Waals surface area contributed by atoms with E-state index in [0.717, 1.165) is 38.2 Å². The molecular formula is C20H23Cl2N7O2. The van der Waals surface area contributed by atoms with Crippen molar-refractivity contribution >= 4 is 29.1 Å². The molecule has 0 unspecified atom stereocenters. The third-order valence-corrected chi connectivity index (χ3v) is 5.78. The smallest absolute Gasteiger partial charge is 0.274 e. The molecule has 4 rings (SSSR count). The van der Waals surface area contributed by atoms with Crippen LogP contribution in [0, 0.1) is 0 Å². The highest BCUT2D eigenvalue weighted by molar-refractivity contribution is 6.42. The number of carbonyl (C=O) groups is 1. The number of benzene rings is 1. The second-order valence-electron chi connectivity index (χ2n) is 7.29. The highest BCUT2D eigenvalue weighted by Crippen LogP contribution is 2.28. The van der Waals surface area contributed by atoms with Gasteiger partial charge in [-0.15, -0.1) is 5.10 Å². The molecule has 164 valence electrons. The van der Waals surface area contributed by atoms with Crippen molar-refractivity contribution in [2.75, 3.05) is 26.2 Å². The second-order valence-corrected chi connectivity index (χ2v) is 8.11. The molecule has 2 aromatic heterocycles. The lowest BCUT2D eigenvalue weighted by atomic mass is 10.1. The van der Waals surface area contributed by atoms with Crippen LogP contribution in [0.15, 0.2) is 42.7 Å². The zero-order chi connectivity index (χ0) is 21.6. The third-order valence-electron chi connectivity index (χ3n) is 5.04. The van der Waals surface area contributed by atoms with Crippen LogP contribution >= 0.6 is 23.2 Å². The van der Waals surface area contributed by atoms with Gasteiger partial charge >= 0.3 is 0 Å². The molecule has 0 aliphatic carbocycles. The first-order valence-electron chi connectivity index (χ1n) is 10.1. The number of carbonyl (C=O) groups excluding carboxylic acids is 1. The molecule has 1 amide bonds. The van der Waals surface area contributed by atoms with Crippen LogP contribution in [0.4, 0.5) is 0 Å². The summed E-state index contributed by atoms with van der Waals surface area (Å²) in [4.78, 5) is 15.8. The minimum atomic E-state index is -0.144. The van der Waals surface area contributed by atoms with Gasteiger partial charge in [0.05, 0.1) is 10.0 Å². The summed E-state index contributed by atoms with van der Waals surface area (Å²) in [5.41, 5.74) is 0. The van der Waals surface area contributed by atoms with Crippen LogP contribution in [-0.2, 0) is 11.3 Å². The summed E-state index contributed by atoms with van der Waals surface area (Å²) < 4.78 is 7.75. The van der Waals surface area contributed by atoms with Gasteiger partial charge in [0.1, 0.15) is 18.4 Å². The van der Waals surface area contributed by atoms with E-state index in [4.69, 9.17) is 27.9 Å². The Labute approximate surface area is 189 Å². The number of piperidine rings is 1. The third kappa shape index (κ3) is 5.96. The van der Waals surface area contributed by atoms with Gasteiger partial charge in [-0.05, 0) is 42.3 Å². The number of hydrogen-bond donors (Lipinski definition) is 1. The first kappa shape index (κ1) is 21.6. The highest BCUT2D eigenvalue weighted by atomic mass is 35.5. The summed E-state index contributed by atoms with van der Waals surface area (Å²) >= 11 is 12.0. The minimum absolute atomic E-state index is 0.0355. The standard InChI is InChI=1S/C20H23Cl2N7O2/c21-17-4-3-16(13-18(17)22)31-15-5-10-27(11-6-15)12-7-23-19(30)14-29-25-20(24-26-29)28-8-1-2-9-28/h1-4,8-9,13,15H,5-7,10-12,14H2,(H,23,30). The number of nitrogens with zero attached hydrogens (tertiary/aromatic N) is 6. The highest BCUT2D eigenvalue weighted by Gasteiger charge is 2.20. The van der Waals surface area contributed by atoms with Gasteiger partial charge in [0, 0.05) is 44.6 Å². The molecule has 1 aliphatic heterocycles. The number of rotatable bonds is 8. The quantitative estimate of drug-likeness (QED) is 0.551. The minimum Gasteiger partial charge on any atom is -0.490 e. The molecule has 11 heteroatoms. The number of aromatic nitrogens is 5. The molecule has 1 saturated heterocycles. The Bertz CT molecular complexity index is 1000. The summed E-state index contributed by atoms with van der Waals surface area (Å²) in [5, 5.41) is 16.0. The van der Waals surface area contributed by atoms with Crippen LogP contribution in [0.2, 0.25) is 10.0 Å². The van der Waals surface area contributed by atoms with E-state index < -0.39 is 0 Å². The normalized spacial score (nSPS) is 15.2. The number of ether oxygens (including phenoxy) is 1. The monoisotopic (exact) mass is 463 g/mol. The van der Waals surface area contributed by atoms with E-state index in [1.54, 1.807) is 16.7 Å². The lowest BCUT2D eigenvalue weighted by Gasteiger charge is -2.32. The van der Waals surface area contributed by atoms with Crippen molar-refractivity contribution in [3.63, 3.8) is 0 Å². The van der Waals surface area contributed by atoms with E-state index in [9.17, 15) is 4.79 Å². The summed E-state index contributed by atoms with van der Waals surface area (Å²) in [6, 6.07) is 9.07. The van der Waals surface area contributed by atoms with Crippen LogP contribution in [-0.4, -0.2) is 67.9 Å². The zero-order valence-electron chi connectivity index (χ0n) is 16.8. The molecule has 9 nitrogen and oxygen atoms in total. The zero-order valence-corrected chi connectivity index (χ0v) is 18.3. The fourth-order valence-corrected chi connectivity index (χ4v) is 3.69. The molecular weight excluding hydrogens is 441 g/mol. The Morgan fingerprint density at radius 2 is 1.94 bits per heavy atom. The van der Waals surface area contributed by atoms with Gasteiger partial charge in [-0.25, -0.2) is 0 Å². The molecule has 1 fully saturated rings. The van der Waals surface area contributed by atoms with E-state index in [-0.39, 0.29) is 18.6 Å². The lowest BCUT2D eigenvalue weighted by molar-refractivity contribution is -0.122. The van der Waals surface area contributed by atoms with Gasteiger partial charge in [-0.1, -0.05) is 28.3 Å². The molecule has 0 atom stereocenters. The molecule has 1 N–H and O–H groups in total. The number of halogens is 2. The van der Waals surface area contributed by atoms with Crippen LogP contribution in [0.25, 0.3) is 5.95 Å². The van der Waals surface area contributed by atoms with E-state index >= 15 is 0 Å². The Balaban J connectivity index is 1.14. The molecule has 0 saturated carbocycles. The molecule has 0 radical (unpaired) electrons. The molecule has 0 bridgehead atoms. The van der Waals surface area contributed by atoms with E-state index in [1.807, 2.05) is 30.6 Å². The van der Waals surface area contributed by atoms with Crippen molar-refractivity contribution in [1.82, 2.24) is 35.0 Å². The largest absolute Gasteiger partial charge is 0.490 e. The van der Waals surface area contributed by atoms with Crippen molar-refractivity contribution in [3.05, 3.63) is 52.8 Å². The fraction of sp³-hybridized carbons (Fsp3) is 0.400. The van der Waals surface area contributed by atoms with Crippen molar-refractivity contribution in [3.8, 4) is 11.7 Å². The number of hydrogen-bond acceptors (Lipinski definition) is 6. The molecule has 0 spiro atoms. The van der Waals surface area contributed by atoms with Crippen molar-refractivity contribution < 1.29 is 9.53 Å². The number of tetrazole rings is 1. The van der Waals surface area contributed by atoms with Crippen molar-refractivity contribution in [1.29, 1.82) is 0 Å². The van der Waals surface area contributed by atoms with Crippen LogP contribution in [0.1, 0.15) is 12.8 Å². The number of amides is 1. The molecule has 1 aliphatic rings. The summed E-state index contributed by atoms with van der Waals surface area (Å²) in [6.07, 6.45) is 5.62. The summed E-state index contributed by atoms with van der Waals surface area (Å²) in [6.45, 7) is 3.20. The Morgan fingerprint density at radius 3 is 2.68 bits per heavy atom. The topological polar surface area (TPSA) is 90.1 Å². The first-order valence-corrected chi connectivity index (χ1v) is 10.8. The number of nitrogens with one attached hydrogen (secondary N) is 1. The van der Waals surface area contributed by atoms with Crippen LogP contribution in [0.5, 0.6) is 5.75 Å². The van der Waals surface area contributed by atoms with Gasteiger partial charge in [0.15, 0.2) is 0 Å². The molecule has 1 aromatic carbocycles. The van der Waals surface area contributed by atoms with Gasteiger partial charge in [0.25, 0.3) is 5.95 Å². The maximum atomic E-state index is 12.2. The maximum absolute atomic E-state index is 12.2. The van der Waals surface area contributed by atoms with Crippen LogP contribution in [0.3, 0.4) is 0 Å².